The topological polar surface area (TPSA) is 59.7 Å². The molecule has 0 heterocycles. The molecule has 0 bridgehead atoms. The van der Waals surface area contributed by atoms with Crippen molar-refractivity contribution >= 4 is 0 Å². The summed E-state index contributed by atoms with van der Waals surface area (Å²) in [6.07, 6.45) is 9.73. The average molecular weight is 295 g/mol. The van der Waals surface area contributed by atoms with Crippen molar-refractivity contribution < 1.29 is 31.0 Å². The van der Waals surface area contributed by atoms with Gasteiger partial charge >= 0.3 is 33.9 Å². The fraction of sp³-hybridized carbons (Fsp3) is 0.0667. The first kappa shape index (κ1) is 23.1. The van der Waals surface area contributed by atoms with E-state index in [1.165, 1.54) is 11.5 Å². The van der Waals surface area contributed by atoms with Crippen LogP contribution in [0.5, 0.6) is 0 Å². The van der Waals surface area contributed by atoms with Gasteiger partial charge in [-0.2, -0.15) is 0 Å². The average Bonchev–Trinajstić information content (AvgIpc) is 2.55. The van der Waals surface area contributed by atoms with Crippen molar-refractivity contribution in [3.8, 4) is 0 Å². The molecule has 1 aromatic carbocycles. The zero-order valence-electron chi connectivity index (χ0n) is 9.98. The standard InChI is InChI=1S/C12H11.3CO.Fe/c1-3-7-11(8-4-1)12-9-5-2-6-10-12;3*1-2;/h1-5,7-10H,6H2;;;;. The van der Waals surface area contributed by atoms with Crippen LogP contribution in [0.1, 0.15) is 12.0 Å². The third-order valence-corrected chi connectivity index (χ3v) is 1.99. The van der Waals surface area contributed by atoms with Crippen molar-refractivity contribution in [2.75, 3.05) is 0 Å². The predicted octanol–water partition coefficient (Wildman–Crippen LogP) is 2.72. The Morgan fingerprint density at radius 2 is 1.37 bits per heavy atom. The summed E-state index contributed by atoms with van der Waals surface area (Å²) < 4.78 is 22.5. The van der Waals surface area contributed by atoms with E-state index in [0.29, 0.717) is 0 Å². The van der Waals surface area contributed by atoms with Crippen LogP contribution in [0.25, 0.3) is 0 Å². The summed E-state index contributed by atoms with van der Waals surface area (Å²) in [7, 11) is 0. The number of hydrogen-bond donors (Lipinski definition) is 0. The van der Waals surface area contributed by atoms with Gasteiger partial charge in [0.05, 0.1) is 0 Å². The molecule has 0 atom stereocenters. The van der Waals surface area contributed by atoms with Crippen molar-refractivity contribution in [3.05, 3.63) is 87.4 Å². The largest absolute Gasteiger partial charge is 0.0622 e. The maximum Gasteiger partial charge on any atom is 0.0121 e. The Morgan fingerprint density at radius 3 is 1.79 bits per heavy atom. The minimum atomic E-state index is 0. The first-order chi connectivity index (χ1) is 8.97. The van der Waals surface area contributed by atoms with Crippen LogP contribution < -0.4 is 0 Å². The van der Waals surface area contributed by atoms with Crippen LogP contribution in [0.4, 0.5) is 0 Å². The van der Waals surface area contributed by atoms with Gasteiger partial charge in [-0.15, -0.1) is 0 Å². The Kier molecular flexibility index (Phi) is 23.5. The smallest absolute Gasteiger partial charge is 0.0121 e. The van der Waals surface area contributed by atoms with Gasteiger partial charge in [0, 0.05) is 23.0 Å². The van der Waals surface area contributed by atoms with E-state index in [1.807, 2.05) is 6.07 Å². The Balaban J connectivity index is -0.000000325. The zero-order valence-corrected chi connectivity index (χ0v) is 11.1. The molecule has 1 aliphatic carbocycles. The summed E-state index contributed by atoms with van der Waals surface area (Å²) in [4.78, 5) is 0. The molecule has 4 heteroatoms. The molecule has 2 rings (SSSR count). The van der Waals surface area contributed by atoms with Gasteiger partial charge in [-0.05, 0) is 37.7 Å². The van der Waals surface area contributed by atoms with Gasteiger partial charge in [-0.25, -0.2) is 0 Å². The van der Waals surface area contributed by atoms with Gasteiger partial charge in [-0.3, -0.25) is 0 Å². The third-order valence-electron chi connectivity index (χ3n) is 1.99. The Hall–Kier alpha value is -1.04. The molecular weight excluding hydrogens is 284 g/mol. The van der Waals surface area contributed by atoms with Crippen LogP contribution in [0.2, 0.25) is 0 Å². The van der Waals surface area contributed by atoms with Crippen LogP contribution in [0.15, 0.2) is 30.3 Å². The molecule has 19 heavy (non-hydrogen) atoms. The molecule has 0 spiro atoms. The Morgan fingerprint density at radius 1 is 0.842 bits per heavy atom. The summed E-state index contributed by atoms with van der Waals surface area (Å²) >= 11 is 0. The zero-order chi connectivity index (χ0) is 14.2. The molecule has 0 aromatic heterocycles. The van der Waals surface area contributed by atoms with Crippen LogP contribution in [-0.4, -0.2) is 0 Å². The molecule has 0 amide bonds. The summed E-state index contributed by atoms with van der Waals surface area (Å²) in [6, 6.07) is 10.5. The summed E-state index contributed by atoms with van der Waals surface area (Å²) in [5.41, 5.74) is 1.31. The summed E-state index contributed by atoms with van der Waals surface area (Å²) in [5.74, 6) is 1.33. The van der Waals surface area contributed by atoms with Crippen molar-refractivity contribution in [1.29, 1.82) is 0 Å². The van der Waals surface area contributed by atoms with Gasteiger partial charge < -0.3 is 0 Å². The molecule has 1 fully saturated rings. The molecule has 0 unspecified atom stereocenters. The maximum atomic E-state index is 7.50. The predicted molar refractivity (Wildman–Crippen MR) is 62.4 cm³/mol. The minimum absolute atomic E-state index is 0. The van der Waals surface area contributed by atoms with E-state index in [1.54, 1.807) is 0 Å². The molecule has 0 N–H and O–H groups in total. The molecule has 1 saturated carbocycles. The van der Waals surface area contributed by atoms with E-state index >= 15 is 0 Å². The van der Waals surface area contributed by atoms with Gasteiger partial charge in [-0.1, -0.05) is 30.3 Å². The van der Waals surface area contributed by atoms with E-state index < -0.39 is 0 Å². The first-order valence-corrected chi connectivity index (χ1v) is 4.83. The number of hydrogen-bond acceptors (Lipinski definition) is 0. The van der Waals surface area contributed by atoms with Gasteiger partial charge in [0.25, 0.3) is 0 Å². The molecule has 1 aromatic rings. The quantitative estimate of drug-likeness (QED) is 0.434. The van der Waals surface area contributed by atoms with Gasteiger partial charge in [0.1, 0.15) is 0 Å². The Bertz CT molecular complexity index is 323. The summed E-state index contributed by atoms with van der Waals surface area (Å²) in [5, 5.41) is 0. The van der Waals surface area contributed by atoms with Gasteiger partial charge in [0.2, 0.25) is 0 Å². The van der Waals surface area contributed by atoms with Crippen molar-refractivity contribution in [1.82, 2.24) is 0 Å². The molecule has 0 saturated heterocycles. The van der Waals surface area contributed by atoms with E-state index in [2.05, 4.69) is 69.9 Å². The normalized spacial score (nSPS) is 12.5. The monoisotopic (exact) mass is 295 g/mol. The van der Waals surface area contributed by atoms with Crippen molar-refractivity contribution in [2.45, 2.75) is 6.42 Å². The summed E-state index contributed by atoms with van der Waals surface area (Å²) in [6.45, 7) is 13.5. The molecule has 97 valence electrons. The fourth-order valence-corrected chi connectivity index (χ4v) is 1.36. The van der Waals surface area contributed by atoms with E-state index in [0.717, 1.165) is 6.42 Å². The SMILES string of the molecule is [C-]#[O+].[C-]#[O+].[C-]#[O+].[CH]1[CH]C[CH][C](c2ccccc2)[CH]1.[Fe]. The molecular formula is C15H11FeO3. The van der Waals surface area contributed by atoms with Crippen LogP contribution in [-0.2, 0) is 31.0 Å². The molecule has 5 radical (unpaired) electrons. The third kappa shape index (κ3) is 10.6. The number of rotatable bonds is 1. The van der Waals surface area contributed by atoms with Crippen LogP contribution >= 0.6 is 0 Å². The maximum absolute atomic E-state index is 7.50. The van der Waals surface area contributed by atoms with E-state index in [4.69, 9.17) is 14.0 Å². The van der Waals surface area contributed by atoms with Crippen LogP contribution in [0, 0.1) is 51.6 Å². The van der Waals surface area contributed by atoms with E-state index in [9.17, 15) is 0 Å². The molecule has 1 aliphatic rings. The minimum Gasteiger partial charge on any atom is -0.0622 e. The first-order valence-electron chi connectivity index (χ1n) is 4.83. The van der Waals surface area contributed by atoms with E-state index in [-0.39, 0.29) is 17.1 Å². The van der Waals surface area contributed by atoms with Crippen molar-refractivity contribution in [3.63, 3.8) is 0 Å². The van der Waals surface area contributed by atoms with Crippen molar-refractivity contribution in [2.24, 2.45) is 0 Å². The number of benzene rings is 1. The fourth-order valence-electron chi connectivity index (χ4n) is 1.36. The second-order valence-electron chi connectivity index (χ2n) is 2.86. The van der Waals surface area contributed by atoms with Gasteiger partial charge in [0.15, 0.2) is 0 Å². The second kappa shape index (κ2) is 19.3. The molecule has 3 nitrogen and oxygen atoms in total. The molecule has 0 aliphatic heterocycles. The van der Waals surface area contributed by atoms with Crippen LogP contribution in [0.3, 0.4) is 0 Å². The Labute approximate surface area is 125 Å². The second-order valence-corrected chi connectivity index (χ2v) is 2.86.